The minimum Gasteiger partial charge on any atom is -0.325 e. The number of carbonyl (C=O) groups excluding carboxylic acids is 1. The van der Waals surface area contributed by atoms with Gasteiger partial charge in [0.1, 0.15) is 10.9 Å². The molecular formula is C21H16Cl4N2O3S. The van der Waals surface area contributed by atoms with E-state index in [0.29, 0.717) is 15.7 Å². The highest BCUT2D eigenvalue weighted by Crippen LogP contribution is 2.26. The summed E-state index contributed by atoms with van der Waals surface area (Å²) in [4.78, 5) is 12.8. The first kappa shape index (κ1) is 23.9. The van der Waals surface area contributed by atoms with E-state index in [1.807, 2.05) is 6.07 Å². The fourth-order valence-corrected chi connectivity index (χ4v) is 5.31. The second-order valence-corrected chi connectivity index (χ2v) is 9.98. The van der Waals surface area contributed by atoms with Gasteiger partial charge in [-0.2, -0.15) is 4.72 Å². The van der Waals surface area contributed by atoms with Crippen molar-refractivity contribution in [2.24, 2.45) is 0 Å². The van der Waals surface area contributed by atoms with Gasteiger partial charge in [0.2, 0.25) is 15.9 Å². The van der Waals surface area contributed by atoms with Crippen molar-refractivity contribution in [1.29, 1.82) is 0 Å². The minimum atomic E-state index is -4.17. The van der Waals surface area contributed by atoms with Crippen LogP contribution in [0.3, 0.4) is 0 Å². The van der Waals surface area contributed by atoms with Gasteiger partial charge in [-0.1, -0.05) is 76.7 Å². The number of hydrogen-bond acceptors (Lipinski definition) is 3. The highest BCUT2D eigenvalue weighted by atomic mass is 35.5. The molecule has 1 atom stereocenters. The Kier molecular flexibility index (Phi) is 7.86. The van der Waals surface area contributed by atoms with E-state index < -0.39 is 22.0 Å². The SMILES string of the molecule is O=C(Nc1cc(Cl)cc(Cl)c1)[C@H](Cc1ccccc1)NS(=O)(=O)c1cc(Cl)ccc1Cl. The monoisotopic (exact) mass is 516 g/mol. The third kappa shape index (κ3) is 6.59. The molecule has 1 amide bonds. The molecule has 5 nitrogen and oxygen atoms in total. The fourth-order valence-electron chi connectivity index (χ4n) is 2.83. The Balaban J connectivity index is 1.92. The molecule has 0 unspecified atom stereocenters. The van der Waals surface area contributed by atoms with E-state index in [2.05, 4.69) is 10.0 Å². The van der Waals surface area contributed by atoms with Crippen molar-refractivity contribution in [3.8, 4) is 0 Å². The Morgan fingerprint density at radius 1 is 0.839 bits per heavy atom. The van der Waals surface area contributed by atoms with Crippen LogP contribution in [0.5, 0.6) is 0 Å². The second kappa shape index (κ2) is 10.2. The third-order valence-electron chi connectivity index (χ3n) is 4.21. The first-order valence-corrected chi connectivity index (χ1v) is 11.9. The normalized spacial score (nSPS) is 12.4. The van der Waals surface area contributed by atoms with E-state index in [1.165, 1.54) is 36.4 Å². The van der Waals surface area contributed by atoms with E-state index >= 15 is 0 Å². The van der Waals surface area contributed by atoms with Gasteiger partial charge in [0.05, 0.1) is 5.02 Å². The molecule has 0 saturated carbocycles. The van der Waals surface area contributed by atoms with Crippen molar-refractivity contribution >= 4 is 68.0 Å². The maximum atomic E-state index is 13.0. The standard InChI is InChI=1S/C21H16Cl4N2O3S/c22-14-6-7-18(25)20(12-14)31(29,30)27-19(8-13-4-2-1-3-5-13)21(28)26-17-10-15(23)9-16(24)11-17/h1-7,9-12,19,27H,8H2,(H,26,28)/t19-/m0/s1. The number of anilines is 1. The number of nitrogens with one attached hydrogen (secondary N) is 2. The predicted octanol–water partition coefficient (Wildman–Crippen LogP) is 5.83. The molecule has 0 spiro atoms. The van der Waals surface area contributed by atoms with Gasteiger partial charge in [-0.25, -0.2) is 8.42 Å². The molecule has 0 fully saturated rings. The highest BCUT2D eigenvalue weighted by Gasteiger charge is 2.28. The van der Waals surface area contributed by atoms with Crippen LogP contribution >= 0.6 is 46.4 Å². The molecule has 0 aromatic heterocycles. The summed E-state index contributed by atoms with van der Waals surface area (Å²) >= 11 is 24.0. The van der Waals surface area contributed by atoms with E-state index in [4.69, 9.17) is 46.4 Å². The zero-order valence-electron chi connectivity index (χ0n) is 15.8. The van der Waals surface area contributed by atoms with Crippen LogP contribution in [0.4, 0.5) is 5.69 Å². The van der Waals surface area contributed by atoms with Gasteiger partial charge >= 0.3 is 0 Å². The Morgan fingerprint density at radius 2 is 1.48 bits per heavy atom. The third-order valence-corrected chi connectivity index (χ3v) is 6.83. The van der Waals surface area contributed by atoms with E-state index in [9.17, 15) is 13.2 Å². The molecule has 162 valence electrons. The molecule has 3 aromatic rings. The molecule has 0 radical (unpaired) electrons. The van der Waals surface area contributed by atoms with Crippen LogP contribution in [0.1, 0.15) is 5.56 Å². The molecule has 0 aliphatic rings. The Morgan fingerprint density at radius 3 is 2.13 bits per heavy atom. The zero-order valence-corrected chi connectivity index (χ0v) is 19.6. The van der Waals surface area contributed by atoms with Crippen molar-refractivity contribution < 1.29 is 13.2 Å². The molecule has 0 saturated heterocycles. The lowest BCUT2D eigenvalue weighted by atomic mass is 10.1. The minimum absolute atomic E-state index is 0.0163. The van der Waals surface area contributed by atoms with Gasteiger partial charge in [-0.3, -0.25) is 4.79 Å². The number of sulfonamides is 1. The Bertz CT molecular complexity index is 1180. The van der Waals surface area contributed by atoms with Gasteiger partial charge in [0.15, 0.2) is 0 Å². The lowest BCUT2D eigenvalue weighted by Gasteiger charge is -2.19. The summed E-state index contributed by atoms with van der Waals surface area (Å²) in [5, 5.41) is 3.49. The van der Waals surface area contributed by atoms with Crippen LogP contribution in [0, 0.1) is 0 Å². The summed E-state index contributed by atoms with van der Waals surface area (Å²) in [6, 6.07) is 16.4. The average molecular weight is 518 g/mol. The Labute approximate surface area is 200 Å². The predicted molar refractivity (Wildman–Crippen MR) is 126 cm³/mol. The van der Waals surface area contributed by atoms with Gasteiger partial charge < -0.3 is 5.32 Å². The van der Waals surface area contributed by atoms with Gasteiger partial charge in [0.25, 0.3) is 0 Å². The van der Waals surface area contributed by atoms with Crippen LogP contribution in [0.2, 0.25) is 20.1 Å². The quantitative estimate of drug-likeness (QED) is 0.414. The lowest BCUT2D eigenvalue weighted by Crippen LogP contribution is -2.45. The second-order valence-electron chi connectivity index (χ2n) is 6.59. The summed E-state index contributed by atoms with van der Waals surface area (Å²) in [5.41, 5.74) is 1.09. The van der Waals surface area contributed by atoms with Crippen molar-refractivity contribution in [3.05, 3.63) is 92.4 Å². The van der Waals surface area contributed by atoms with Crippen LogP contribution in [-0.4, -0.2) is 20.4 Å². The van der Waals surface area contributed by atoms with Gasteiger partial charge in [-0.15, -0.1) is 0 Å². The maximum Gasteiger partial charge on any atom is 0.242 e. The van der Waals surface area contributed by atoms with Crippen molar-refractivity contribution in [1.82, 2.24) is 4.72 Å². The van der Waals surface area contributed by atoms with E-state index in [0.717, 1.165) is 5.56 Å². The molecule has 10 heteroatoms. The fraction of sp³-hybridized carbons (Fsp3) is 0.0952. The molecule has 0 aliphatic carbocycles. The van der Waals surface area contributed by atoms with Crippen LogP contribution in [-0.2, 0) is 21.2 Å². The summed E-state index contributed by atoms with van der Waals surface area (Å²) < 4.78 is 28.4. The number of benzene rings is 3. The van der Waals surface area contributed by atoms with Gasteiger partial charge in [0, 0.05) is 20.8 Å². The van der Waals surface area contributed by atoms with Gasteiger partial charge in [-0.05, 0) is 48.4 Å². The molecule has 3 aromatic carbocycles. The van der Waals surface area contributed by atoms with Crippen molar-refractivity contribution in [2.45, 2.75) is 17.4 Å². The average Bonchev–Trinajstić information content (AvgIpc) is 2.69. The summed E-state index contributed by atoms with van der Waals surface area (Å²) in [6.07, 6.45) is 0.0956. The topological polar surface area (TPSA) is 75.3 Å². The number of hydrogen-bond donors (Lipinski definition) is 2. The summed E-state index contributed by atoms with van der Waals surface area (Å²) in [7, 11) is -4.17. The zero-order chi connectivity index (χ0) is 22.6. The number of halogens is 4. The molecule has 0 heterocycles. The smallest absolute Gasteiger partial charge is 0.242 e. The van der Waals surface area contributed by atoms with Crippen LogP contribution < -0.4 is 10.0 Å². The first-order valence-electron chi connectivity index (χ1n) is 8.92. The molecule has 3 rings (SSSR count). The lowest BCUT2D eigenvalue weighted by molar-refractivity contribution is -0.117. The van der Waals surface area contributed by atoms with E-state index in [1.54, 1.807) is 24.3 Å². The maximum absolute atomic E-state index is 13.0. The largest absolute Gasteiger partial charge is 0.325 e. The molecular weight excluding hydrogens is 502 g/mol. The number of amides is 1. The summed E-state index contributed by atoms with van der Waals surface area (Å²) in [6.45, 7) is 0. The molecule has 0 aliphatic heterocycles. The number of carbonyl (C=O) groups is 1. The van der Waals surface area contributed by atoms with Crippen LogP contribution in [0.25, 0.3) is 0 Å². The molecule has 31 heavy (non-hydrogen) atoms. The van der Waals surface area contributed by atoms with Crippen molar-refractivity contribution in [2.75, 3.05) is 5.32 Å². The van der Waals surface area contributed by atoms with Crippen LogP contribution in [0.15, 0.2) is 71.6 Å². The van der Waals surface area contributed by atoms with Crippen molar-refractivity contribution in [3.63, 3.8) is 0 Å². The molecule has 2 N–H and O–H groups in total. The Hall–Kier alpha value is -1.80. The molecule has 0 bridgehead atoms. The number of rotatable bonds is 7. The highest BCUT2D eigenvalue weighted by molar-refractivity contribution is 7.89. The summed E-state index contributed by atoms with van der Waals surface area (Å²) in [5.74, 6) is -0.594. The van der Waals surface area contributed by atoms with E-state index in [-0.39, 0.29) is 21.4 Å². The first-order chi connectivity index (χ1) is 14.6.